The molecule has 0 aliphatic rings. The minimum absolute atomic E-state index is 0.149. The van der Waals surface area contributed by atoms with Gasteiger partial charge in [0.05, 0.1) is 7.11 Å². The third kappa shape index (κ3) is 4.22. The Morgan fingerprint density at radius 3 is 2.26 bits per heavy atom. The Hall–Kier alpha value is -2.55. The molecule has 0 aromatic heterocycles. The number of hydrogen-bond donors (Lipinski definition) is 1. The number of methoxy groups -OCH3 is 1. The van der Waals surface area contributed by atoms with Gasteiger partial charge in [-0.25, -0.2) is 0 Å². The summed E-state index contributed by atoms with van der Waals surface area (Å²) in [5, 5.41) is 2.96. The predicted octanol–water partition coefficient (Wildman–Crippen LogP) is 4.58. The number of anilines is 1. The van der Waals surface area contributed by atoms with Crippen LogP contribution in [0.1, 0.15) is 27.8 Å². The van der Waals surface area contributed by atoms with Gasteiger partial charge >= 0.3 is 0 Å². The molecule has 0 aliphatic heterocycles. The second-order valence-electron chi connectivity index (χ2n) is 5.84. The van der Waals surface area contributed by atoms with E-state index in [1.54, 1.807) is 13.2 Å². The first kappa shape index (κ1) is 16.8. The summed E-state index contributed by atoms with van der Waals surface area (Å²) in [7, 11) is 1.63. The number of ether oxygens (including phenoxy) is 1. The second kappa shape index (κ2) is 7.14. The molecule has 23 heavy (non-hydrogen) atoms. The molecule has 0 heterocycles. The van der Waals surface area contributed by atoms with Crippen molar-refractivity contribution in [1.82, 2.24) is 0 Å². The molecule has 1 N–H and O–H groups in total. The minimum Gasteiger partial charge on any atom is -0.496 e. The van der Waals surface area contributed by atoms with Gasteiger partial charge in [0.25, 0.3) is 0 Å². The van der Waals surface area contributed by atoms with Crippen LogP contribution in [0, 0.1) is 27.7 Å². The highest BCUT2D eigenvalue weighted by Crippen LogP contribution is 2.23. The van der Waals surface area contributed by atoms with E-state index in [2.05, 4.69) is 24.4 Å². The lowest BCUT2D eigenvalue weighted by molar-refractivity contribution is -0.111. The molecule has 3 heteroatoms. The Labute approximate surface area is 138 Å². The van der Waals surface area contributed by atoms with Crippen LogP contribution in [0.2, 0.25) is 0 Å². The van der Waals surface area contributed by atoms with E-state index in [4.69, 9.17) is 4.74 Å². The molecular formula is C20H23NO2. The first-order valence-electron chi connectivity index (χ1n) is 7.62. The van der Waals surface area contributed by atoms with Crippen LogP contribution in [0.3, 0.4) is 0 Å². The summed E-state index contributed by atoms with van der Waals surface area (Å²) in [6, 6.07) is 10.0. The van der Waals surface area contributed by atoms with E-state index >= 15 is 0 Å². The molecule has 0 aliphatic carbocycles. The smallest absolute Gasteiger partial charge is 0.248 e. The topological polar surface area (TPSA) is 38.3 Å². The lowest BCUT2D eigenvalue weighted by Gasteiger charge is -2.11. The first-order valence-corrected chi connectivity index (χ1v) is 7.62. The molecule has 1 amide bonds. The third-order valence-electron chi connectivity index (χ3n) is 3.72. The largest absolute Gasteiger partial charge is 0.496 e. The van der Waals surface area contributed by atoms with E-state index < -0.39 is 0 Å². The summed E-state index contributed by atoms with van der Waals surface area (Å²) in [6.07, 6.45) is 3.32. The second-order valence-corrected chi connectivity index (χ2v) is 5.84. The van der Waals surface area contributed by atoms with Gasteiger partial charge in [-0.2, -0.15) is 0 Å². The number of nitrogens with one attached hydrogen (secondary N) is 1. The van der Waals surface area contributed by atoms with Crippen LogP contribution in [0.5, 0.6) is 5.75 Å². The Balaban J connectivity index is 2.19. The summed E-state index contributed by atoms with van der Waals surface area (Å²) >= 11 is 0. The van der Waals surface area contributed by atoms with Gasteiger partial charge in [-0.15, -0.1) is 0 Å². The van der Waals surface area contributed by atoms with Crippen LogP contribution in [-0.2, 0) is 4.79 Å². The number of carbonyl (C=O) groups excluding carboxylic acids is 1. The van der Waals surface area contributed by atoms with Crippen molar-refractivity contribution >= 4 is 17.7 Å². The van der Waals surface area contributed by atoms with Crippen molar-refractivity contribution in [3.05, 3.63) is 64.2 Å². The van der Waals surface area contributed by atoms with Crippen molar-refractivity contribution in [2.45, 2.75) is 27.7 Å². The summed E-state index contributed by atoms with van der Waals surface area (Å²) in [6.45, 7) is 8.07. The quantitative estimate of drug-likeness (QED) is 0.839. The molecule has 3 nitrogen and oxygen atoms in total. The average Bonchev–Trinajstić information content (AvgIpc) is 2.49. The fraction of sp³-hybridized carbons (Fsp3) is 0.250. The zero-order valence-electron chi connectivity index (χ0n) is 14.4. The van der Waals surface area contributed by atoms with Gasteiger partial charge in [0.1, 0.15) is 5.75 Å². The molecule has 0 saturated carbocycles. The van der Waals surface area contributed by atoms with Gasteiger partial charge in [0.2, 0.25) is 5.91 Å². The van der Waals surface area contributed by atoms with Gasteiger partial charge < -0.3 is 10.1 Å². The van der Waals surface area contributed by atoms with E-state index in [0.717, 1.165) is 33.7 Å². The van der Waals surface area contributed by atoms with E-state index in [-0.39, 0.29) is 5.91 Å². The molecule has 2 aromatic rings. The molecule has 2 aromatic carbocycles. The van der Waals surface area contributed by atoms with Crippen LogP contribution < -0.4 is 10.1 Å². The monoisotopic (exact) mass is 309 g/mol. The summed E-state index contributed by atoms with van der Waals surface area (Å²) < 4.78 is 5.32. The third-order valence-corrected chi connectivity index (χ3v) is 3.72. The van der Waals surface area contributed by atoms with Crippen molar-refractivity contribution < 1.29 is 9.53 Å². The molecule has 0 unspecified atom stereocenters. The van der Waals surface area contributed by atoms with Crippen LogP contribution in [0.4, 0.5) is 5.69 Å². The van der Waals surface area contributed by atoms with E-state index in [1.807, 2.05) is 39.0 Å². The Morgan fingerprint density at radius 2 is 1.65 bits per heavy atom. The maximum atomic E-state index is 12.2. The molecule has 120 valence electrons. The average molecular weight is 309 g/mol. The molecule has 0 atom stereocenters. The molecule has 0 saturated heterocycles. The van der Waals surface area contributed by atoms with Gasteiger partial charge in [0, 0.05) is 17.3 Å². The van der Waals surface area contributed by atoms with Crippen molar-refractivity contribution in [2.24, 2.45) is 0 Å². The number of rotatable bonds is 4. The van der Waals surface area contributed by atoms with Crippen LogP contribution >= 0.6 is 0 Å². The van der Waals surface area contributed by atoms with E-state index in [1.165, 1.54) is 11.6 Å². The number of carbonyl (C=O) groups is 1. The fourth-order valence-corrected chi connectivity index (χ4v) is 2.69. The highest BCUT2D eigenvalue weighted by atomic mass is 16.5. The Bertz CT molecular complexity index is 737. The fourth-order valence-electron chi connectivity index (χ4n) is 2.69. The number of benzene rings is 2. The van der Waals surface area contributed by atoms with Crippen LogP contribution in [-0.4, -0.2) is 13.0 Å². The molecule has 0 radical (unpaired) electrons. The number of amides is 1. The van der Waals surface area contributed by atoms with Crippen LogP contribution in [0.15, 0.2) is 36.4 Å². The maximum Gasteiger partial charge on any atom is 0.248 e. The van der Waals surface area contributed by atoms with E-state index in [0.29, 0.717) is 0 Å². The Kier molecular flexibility index (Phi) is 5.22. The zero-order chi connectivity index (χ0) is 17.0. The molecule has 0 spiro atoms. The van der Waals surface area contributed by atoms with Crippen LogP contribution in [0.25, 0.3) is 6.08 Å². The standard InChI is InChI=1S/C20H23NO2/c1-13-6-8-18(23-5)17(12-13)7-9-19(22)21-20-15(3)10-14(2)11-16(20)4/h6-12H,1-5H3,(H,21,22). The Morgan fingerprint density at radius 1 is 1.00 bits per heavy atom. The predicted molar refractivity (Wildman–Crippen MR) is 96.0 cm³/mol. The minimum atomic E-state index is -0.149. The lowest BCUT2D eigenvalue weighted by atomic mass is 10.1. The summed E-state index contributed by atoms with van der Waals surface area (Å²) in [5.74, 6) is 0.603. The summed E-state index contributed by atoms with van der Waals surface area (Å²) in [5.41, 5.74) is 6.21. The van der Waals surface area contributed by atoms with Crippen molar-refractivity contribution in [3.8, 4) is 5.75 Å². The van der Waals surface area contributed by atoms with Gasteiger partial charge in [-0.3, -0.25) is 4.79 Å². The molecule has 2 rings (SSSR count). The lowest BCUT2D eigenvalue weighted by Crippen LogP contribution is -2.10. The SMILES string of the molecule is COc1ccc(C)cc1C=CC(=O)Nc1c(C)cc(C)cc1C. The van der Waals surface area contributed by atoms with Gasteiger partial charge in [-0.05, 0) is 57.0 Å². The van der Waals surface area contributed by atoms with Crippen molar-refractivity contribution in [2.75, 3.05) is 12.4 Å². The normalized spacial score (nSPS) is 10.8. The molecule has 0 bridgehead atoms. The van der Waals surface area contributed by atoms with Crippen molar-refractivity contribution in [3.63, 3.8) is 0 Å². The number of aryl methyl sites for hydroxylation is 4. The highest BCUT2D eigenvalue weighted by Gasteiger charge is 2.07. The number of hydrogen-bond acceptors (Lipinski definition) is 2. The maximum absolute atomic E-state index is 12.2. The first-order chi connectivity index (χ1) is 10.9. The molecule has 0 fully saturated rings. The zero-order valence-corrected chi connectivity index (χ0v) is 14.4. The van der Waals surface area contributed by atoms with Gasteiger partial charge in [-0.1, -0.05) is 29.3 Å². The van der Waals surface area contributed by atoms with E-state index in [9.17, 15) is 4.79 Å². The highest BCUT2D eigenvalue weighted by molar-refractivity contribution is 6.03. The summed E-state index contributed by atoms with van der Waals surface area (Å²) in [4.78, 5) is 12.2. The molecular weight excluding hydrogens is 286 g/mol. The van der Waals surface area contributed by atoms with Gasteiger partial charge in [0.15, 0.2) is 0 Å². The van der Waals surface area contributed by atoms with Crippen molar-refractivity contribution in [1.29, 1.82) is 0 Å².